The highest BCUT2D eigenvalue weighted by Crippen LogP contribution is 2.32. The lowest BCUT2D eigenvalue weighted by Gasteiger charge is -2.20. The lowest BCUT2D eigenvalue weighted by molar-refractivity contribution is 0.301. The zero-order valence-corrected chi connectivity index (χ0v) is 18.9. The van der Waals surface area contributed by atoms with Gasteiger partial charge in [-0.15, -0.1) is 0 Å². The van der Waals surface area contributed by atoms with Gasteiger partial charge in [-0.1, -0.05) is 48.0 Å². The molecule has 2 aliphatic rings. The second-order valence-corrected chi connectivity index (χ2v) is 10.8. The van der Waals surface area contributed by atoms with Crippen molar-refractivity contribution < 1.29 is 18.1 Å². The summed E-state index contributed by atoms with van der Waals surface area (Å²) in [6, 6.07) is 15.1. The van der Waals surface area contributed by atoms with Crippen LogP contribution in [0.4, 0.5) is 0 Å². The molecule has 1 fully saturated rings. The summed E-state index contributed by atoms with van der Waals surface area (Å²) in [7, 11) is -4.21. The molecule has 0 radical (unpaired) electrons. The van der Waals surface area contributed by atoms with E-state index in [0.29, 0.717) is 48.1 Å². The molecule has 6 nitrogen and oxygen atoms in total. The maximum Gasteiger partial charge on any atom is 0.462 e. The summed E-state index contributed by atoms with van der Waals surface area (Å²) in [6.07, 6.45) is 2.32. The lowest BCUT2D eigenvalue weighted by Crippen LogP contribution is -2.21. The Bertz CT molecular complexity index is 1270. The zero-order valence-electron chi connectivity index (χ0n) is 17.4. The van der Waals surface area contributed by atoms with Gasteiger partial charge in [0.1, 0.15) is 4.90 Å². The van der Waals surface area contributed by atoms with Crippen molar-refractivity contribution in [2.45, 2.75) is 36.4 Å². The van der Waals surface area contributed by atoms with Gasteiger partial charge in [0.25, 0.3) is 0 Å². The number of aromatic nitrogens is 2. The molecular weight excluding hydrogens is 447 g/mol. The predicted octanol–water partition coefficient (Wildman–Crippen LogP) is 3.63. The topological polar surface area (TPSA) is 89.4 Å². The second-order valence-electron chi connectivity index (χ2n) is 8.28. The fourth-order valence-electron chi connectivity index (χ4n) is 4.47. The Hall–Kier alpha value is -2.26. The quantitative estimate of drug-likeness (QED) is 0.588. The van der Waals surface area contributed by atoms with E-state index in [1.807, 2.05) is 36.4 Å². The zero-order chi connectivity index (χ0) is 22.3. The number of sulfone groups is 1. The summed E-state index contributed by atoms with van der Waals surface area (Å²) in [5.41, 5.74) is 3.81. The van der Waals surface area contributed by atoms with Crippen molar-refractivity contribution in [3.05, 3.63) is 76.1 Å². The fourth-order valence-corrected chi connectivity index (χ4v) is 6.37. The molecule has 1 unspecified atom stereocenters. The Morgan fingerprint density at radius 3 is 2.69 bits per heavy atom. The van der Waals surface area contributed by atoms with Crippen molar-refractivity contribution in [3.63, 3.8) is 0 Å². The third-order valence-corrected chi connectivity index (χ3v) is 8.22. The van der Waals surface area contributed by atoms with Gasteiger partial charge in [0.2, 0.25) is 0 Å². The maximum absolute atomic E-state index is 12.9. The molecule has 5 rings (SSSR count). The number of hydrogen-bond acceptors (Lipinski definition) is 6. The van der Waals surface area contributed by atoms with E-state index < -0.39 is 17.0 Å². The van der Waals surface area contributed by atoms with E-state index in [2.05, 4.69) is 4.98 Å². The first-order chi connectivity index (χ1) is 15.4. The molecule has 1 N–H and O–H groups in total. The minimum absolute atomic E-state index is 0.0364. The summed E-state index contributed by atoms with van der Waals surface area (Å²) in [6.45, 7) is 0.546. The fraction of sp³-hybridized carbons (Fsp3) is 0.304. The second kappa shape index (κ2) is 8.59. The highest BCUT2D eigenvalue weighted by molar-refractivity contribution is 7.91. The van der Waals surface area contributed by atoms with E-state index in [0.717, 1.165) is 23.1 Å². The summed E-state index contributed by atoms with van der Waals surface area (Å²) in [5, 5.41) is 10.6. The number of benzene rings is 2. The minimum atomic E-state index is -3.43. The SMILES string of the molecule is O=S1(=O)CCCc2nc(-c3cccc(Cl)c3)nc(Cc3ccc(C4CCOB4O)cc3)c21. The monoisotopic (exact) mass is 468 g/mol. The van der Waals surface area contributed by atoms with E-state index >= 15 is 0 Å². The Kier molecular flexibility index (Phi) is 5.80. The van der Waals surface area contributed by atoms with Gasteiger partial charge >= 0.3 is 7.12 Å². The maximum atomic E-state index is 12.9. The first kappa shape index (κ1) is 21.6. The molecule has 32 heavy (non-hydrogen) atoms. The molecular formula is C23H22BClN2O4S. The van der Waals surface area contributed by atoms with Crippen LogP contribution in [0.3, 0.4) is 0 Å². The van der Waals surface area contributed by atoms with E-state index in [1.54, 1.807) is 12.1 Å². The highest BCUT2D eigenvalue weighted by Gasteiger charge is 2.34. The number of fused-ring (bicyclic) bond motifs is 1. The van der Waals surface area contributed by atoms with Gasteiger partial charge in [0.05, 0.1) is 17.1 Å². The Morgan fingerprint density at radius 1 is 1.16 bits per heavy atom. The van der Waals surface area contributed by atoms with Crippen LogP contribution in [0.15, 0.2) is 53.4 Å². The van der Waals surface area contributed by atoms with Gasteiger partial charge in [-0.3, -0.25) is 0 Å². The molecule has 2 aromatic carbocycles. The van der Waals surface area contributed by atoms with Crippen molar-refractivity contribution in [2.75, 3.05) is 12.4 Å². The summed E-state index contributed by atoms with van der Waals surface area (Å²) in [4.78, 5) is 9.57. The molecule has 0 spiro atoms. The smallest absolute Gasteiger partial charge is 0.427 e. The lowest BCUT2D eigenvalue weighted by atomic mass is 9.69. The molecule has 3 aromatic rings. The molecule has 0 bridgehead atoms. The molecule has 164 valence electrons. The summed E-state index contributed by atoms with van der Waals surface area (Å²) < 4.78 is 31.1. The van der Waals surface area contributed by atoms with Gasteiger partial charge < -0.3 is 9.68 Å². The number of rotatable bonds is 4. The normalized spacial score (nSPS) is 19.7. The van der Waals surface area contributed by atoms with Crippen LogP contribution in [0.2, 0.25) is 5.02 Å². The van der Waals surface area contributed by atoms with E-state index in [-0.39, 0.29) is 16.5 Å². The van der Waals surface area contributed by atoms with Gasteiger partial charge in [-0.2, -0.15) is 0 Å². The largest absolute Gasteiger partial charge is 0.462 e. The average molecular weight is 469 g/mol. The van der Waals surface area contributed by atoms with Crippen LogP contribution in [-0.4, -0.2) is 42.9 Å². The van der Waals surface area contributed by atoms with Crippen LogP contribution in [0.5, 0.6) is 0 Å². The number of aryl methyl sites for hydroxylation is 1. The number of nitrogens with zero attached hydrogens (tertiary/aromatic N) is 2. The molecule has 1 saturated heterocycles. The first-order valence-electron chi connectivity index (χ1n) is 10.7. The first-order valence-corrected chi connectivity index (χ1v) is 12.7. The highest BCUT2D eigenvalue weighted by atomic mass is 35.5. The van der Waals surface area contributed by atoms with Crippen LogP contribution in [0, 0.1) is 0 Å². The molecule has 1 aromatic heterocycles. The van der Waals surface area contributed by atoms with Crippen molar-refractivity contribution in [1.82, 2.24) is 9.97 Å². The summed E-state index contributed by atoms with van der Waals surface area (Å²) >= 11 is 6.15. The van der Waals surface area contributed by atoms with Gasteiger partial charge in [-0.05, 0) is 42.5 Å². The predicted molar refractivity (Wildman–Crippen MR) is 123 cm³/mol. The van der Waals surface area contributed by atoms with E-state index in [1.165, 1.54) is 0 Å². The van der Waals surface area contributed by atoms with Crippen molar-refractivity contribution in [3.8, 4) is 11.4 Å². The minimum Gasteiger partial charge on any atom is -0.427 e. The van der Waals surface area contributed by atoms with Gasteiger partial charge in [0, 0.05) is 29.4 Å². The Balaban J connectivity index is 1.54. The third kappa shape index (κ3) is 4.20. The van der Waals surface area contributed by atoms with Crippen molar-refractivity contribution >= 4 is 28.6 Å². The number of halogens is 1. The average Bonchev–Trinajstić information content (AvgIpc) is 3.19. The summed E-state index contributed by atoms with van der Waals surface area (Å²) in [5.74, 6) is 0.567. The molecule has 9 heteroatoms. The molecule has 0 aliphatic carbocycles. The van der Waals surface area contributed by atoms with Crippen molar-refractivity contribution in [1.29, 1.82) is 0 Å². The molecule has 0 saturated carbocycles. The van der Waals surface area contributed by atoms with Crippen LogP contribution in [-0.2, 0) is 27.3 Å². The molecule has 1 atom stereocenters. The van der Waals surface area contributed by atoms with Crippen molar-refractivity contribution in [2.24, 2.45) is 0 Å². The molecule has 0 amide bonds. The Labute approximate surface area is 192 Å². The van der Waals surface area contributed by atoms with Crippen LogP contribution in [0.25, 0.3) is 11.4 Å². The van der Waals surface area contributed by atoms with Crippen LogP contribution >= 0.6 is 11.6 Å². The number of hydrogen-bond donors (Lipinski definition) is 1. The molecule has 2 aliphatic heterocycles. The third-order valence-electron chi connectivity index (χ3n) is 6.07. The van der Waals surface area contributed by atoms with E-state index in [4.69, 9.17) is 21.2 Å². The molecule has 3 heterocycles. The van der Waals surface area contributed by atoms with Crippen LogP contribution in [0.1, 0.15) is 41.2 Å². The van der Waals surface area contributed by atoms with Gasteiger partial charge in [0.15, 0.2) is 15.7 Å². The van der Waals surface area contributed by atoms with Gasteiger partial charge in [-0.25, -0.2) is 18.4 Å². The van der Waals surface area contributed by atoms with Crippen LogP contribution < -0.4 is 0 Å². The Morgan fingerprint density at radius 2 is 1.97 bits per heavy atom. The van der Waals surface area contributed by atoms with E-state index in [9.17, 15) is 13.4 Å². The standard InChI is InChI=1S/C23H22BClN2O4S/c25-18-4-1-3-17(14-18)23-26-20-5-2-12-32(29,30)22(20)21(27-23)13-15-6-8-16(9-7-15)19-10-11-31-24(19)28/h1,3-4,6-9,14,19,28H,2,5,10-13H2.